The summed E-state index contributed by atoms with van der Waals surface area (Å²) in [5.74, 6) is 1.62. The Hall–Kier alpha value is -2.74. The summed E-state index contributed by atoms with van der Waals surface area (Å²) in [4.78, 5) is 18.7. The van der Waals surface area contributed by atoms with Crippen molar-refractivity contribution in [2.24, 2.45) is 0 Å². The third kappa shape index (κ3) is 4.87. The van der Waals surface area contributed by atoms with E-state index in [9.17, 15) is 4.79 Å². The maximum absolute atomic E-state index is 13.2. The summed E-state index contributed by atoms with van der Waals surface area (Å²) in [6, 6.07) is 8.26. The largest absolute Gasteiger partial charge is 0.497 e. The van der Waals surface area contributed by atoms with Crippen molar-refractivity contribution in [3.8, 4) is 5.75 Å². The molecule has 184 valence electrons. The minimum Gasteiger partial charge on any atom is -0.497 e. The molecule has 1 saturated carbocycles. The SMILES string of the molecule is CC[C@H](c1nnnn1C(C)(C)CC)N(Cc1cc2ccc(OC)cc2[nH]c1=O)C1CCCCC1. The first-order valence-corrected chi connectivity index (χ1v) is 12.6. The van der Waals surface area contributed by atoms with Crippen LogP contribution < -0.4 is 10.3 Å². The summed E-state index contributed by atoms with van der Waals surface area (Å²) in [6.45, 7) is 9.27. The van der Waals surface area contributed by atoms with Crippen LogP contribution in [0.2, 0.25) is 0 Å². The van der Waals surface area contributed by atoms with Gasteiger partial charge in [0.05, 0.1) is 24.2 Å². The molecule has 0 aliphatic heterocycles. The first-order valence-electron chi connectivity index (χ1n) is 12.6. The van der Waals surface area contributed by atoms with Gasteiger partial charge in [0.25, 0.3) is 5.56 Å². The summed E-state index contributed by atoms with van der Waals surface area (Å²) in [5, 5.41) is 14.0. The second kappa shape index (κ2) is 10.3. The molecule has 0 bridgehead atoms. The van der Waals surface area contributed by atoms with E-state index in [-0.39, 0.29) is 17.1 Å². The molecule has 2 aromatic heterocycles. The molecule has 8 heteroatoms. The molecule has 0 saturated heterocycles. The van der Waals surface area contributed by atoms with Crippen LogP contribution in [0, 0.1) is 0 Å². The third-order valence-electron chi connectivity index (χ3n) is 7.54. The highest BCUT2D eigenvalue weighted by Gasteiger charge is 2.34. The van der Waals surface area contributed by atoms with Crippen molar-refractivity contribution >= 4 is 10.9 Å². The van der Waals surface area contributed by atoms with Gasteiger partial charge in [0, 0.05) is 24.2 Å². The van der Waals surface area contributed by atoms with Crippen molar-refractivity contribution < 1.29 is 4.74 Å². The molecule has 1 aliphatic rings. The number of ether oxygens (including phenoxy) is 1. The summed E-state index contributed by atoms with van der Waals surface area (Å²) in [7, 11) is 1.63. The molecular weight excluding hydrogens is 428 g/mol. The van der Waals surface area contributed by atoms with E-state index in [0.717, 1.165) is 53.7 Å². The van der Waals surface area contributed by atoms with Gasteiger partial charge in [0.15, 0.2) is 5.82 Å². The summed E-state index contributed by atoms with van der Waals surface area (Å²) >= 11 is 0. The number of methoxy groups -OCH3 is 1. The Bertz CT molecular complexity index is 1160. The molecule has 2 heterocycles. The molecule has 4 rings (SSSR count). The fourth-order valence-corrected chi connectivity index (χ4v) is 5.12. The van der Waals surface area contributed by atoms with E-state index in [1.54, 1.807) is 7.11 Å². The van der Waals surface area contributed by atoms with Crippen molar-refractivity contribution in [2.75, 3.05) is 7.11 Å². The van der Waals surface area contributed by atoms with Gasteiger partial charge in [-0.15, -0.1) is 5.10 Å². The zero-order valence-corrected chi connectivity index (χ0v) is 21.2. The highest BCUT2D eigenvalue weighted by Crippen LogP contribution is 2.34. The number of aromatic amines is 1. The summed E-state index contributed by atoms with van der Waals surface area (Å²) in [5.41, 5.74) is 1.34. The van der Waals surface area contributed by atoms with Crippen molar-refractivity contribution in [1.82, 2.24) is 30.1 Å². The predicted octanol–water partition coefficient (Wildman–Crippen LogP) is 4.95. The quantitative estimate of drug-likeness (QED) is 0.480. The van der Waals surface area contributed by atoms with Crippen molar-refractivity contribution in [3.05, 3.63) is 46.0 Å². The number of pyridine rings is 1. The number of rotatable bonds is 9. The normalized spacial score (nSPS) is 16.3. The van der Waals surface area contributed by atoms with Gasteiger partial charge in [-0.1, -0.05) is 33.1 Å². The number of hydrogen-bond acceptors (Lipinski definition) is 6. The molecule has 0 spiro atoms. The van der Waals surface area contributed by atoms with E-state index >= 15 is 0 Å². The molecule has 1 aromatic carbocycles. The Morgan fingerprint density at radius 2 is 1.97 bits per heavy atom. The Morgan fingerprint density at radius 1 is 1.21 bits per heavy atom. The minimum absolute atomic E-state index is 0.0369. The van der Waals surface area contributed by atoms with E-state index in [0.29, 0.717) is 12.6 Å². The van der Waals surface area contributed by atoms with Crippen LogP contribution in [0.15, 0.2) is 29.1 Å². The summed E-state index contributed by atoms with van der Waals surface area (Å²) < 4.78 is 7.31. The van der Waals surface area contributed by atoms with E-state index in [1.807, 2.05) is 28.9 Å². The molecule has 1 aliphatic carbocycles. The van der Waals surface area contributed by atoms with Crippen molar-refractivity contribution in [2.45, 2.75) is 96.8 Å². The van der Waals surface area contributed by atoms with Gasteiger partial charge in [0.1, 0.15) is 5.75 Å². The fraction of sp³-hybridized carbons (Fsp3) is 0.615. The first kappa shape index (κ1) is 24.4. The lowest BCUT2D eigenvalue weighted by Crippen LogP contribution is -2.42. The molecule has 0 unspecified atom stereocenters. The topological polar surface area (TPSA) is 88.9 Å². The van der Waals surface area contributed by atoms with Crippen LogP contribution in [-0.2, 0) is 12.1 Å². The number of nitrogens with zero attached hydrogens (tertiary/aromatic N) is 5. The molecule has 0 radical (unpaired) electrons. The van der Waals surface area contributed by atoms with E-state index < -0.39 is 0 Å². The molecule has 8 nitrogen and oxygen atoms in total. The average molecular weight is 467 g/mol. The molecule has 3 aromatic rings. The van der Waals surface area contributed by atoms with Gasteiger partial charge in [-0.2, -0.15) is 0 Å². The van der Waals surface area contributed by atoms with Crippen LogP contribution in [0.4, 0.5) is 0 Å². The van der Waals surface area contributed by atoms with Gasteiger partial charge in [-0.25, -0.2) is 4.68 Å². The number of H-pyrrole nitrogens is 1. The average Bonchev–Trinajstić information content (AvgIpc) is 3.35. The molecule has 1 fully saturated rings. The zero-order chi connectivity index (χ0) is 24.3. The van der Waals surface area contributed by atoms with Crippen LogP contribution in [0.5, 0.6) is 5.75 Å². The van der Waals surface area contributed by atoms with Crippen LogP contribution in [0.3, 0.4) is 0 Å². The molecule has 1 atom stereocenters. The molecular formula is C26H38N6O2. The van der Waals surface area contributed by atoms with Crippen LogP contribution in [0.25, 0.3) is 10.9 Å². The van der Waals surface area contributed by atoms with Crippen LogP contribution in [0.1, 0.15) is 90.1 Å². The Labute approximate surface area is 201 Å². The van der Waals surface area contributed by atoms with Gasteiger partial charge < -0.3 is 9.72 Å². The first-order chi connectivity index (χ1) is 16.4. The lowest BCUT2D eigenvalue weighted by Gasteiger charge is -2.40. The number of tetrazole rings is 1. The zero-order valence-electron chi connectivity index (χ0n) is 21.2. The Kier molecular flexibility index (Phi) is 7.36. The fourth-order valence-electron chi connectivity index (χ4n) is 5.12. The van der Waals surface area contributed by atoms with Gasteiger partial charge >= 0.3 is 0 Å². The van der Waals surface area contributed by atoms with Crippen LogP contribution >= 0.6 is 0 Å². The lowest BCUT2D eigenvalue weighted by molar-refractivity contribution is 0.0801. The molecule has 1 N–H and O–H groups in total. The van der Waals surface area contributed by atoms with E-state index in [2.05, 4.69) is 53.1 Å². The number of aromatic nitrogens is 5. The van der Waals surface area contributed by atoms with Gasteiger partial charge in [0.2, 0.25) is 0 Å². The molecule has 0 amide bonds. The van der Waals surface area contributed by atoms with Gasteiger partial charge in [-0.05, 0) is 73.5 Å². The molecule has 34 heavy (non-hydrogen) atoms. The smallest absolute Gasteiger partial charge is 0.252 e. The predicted molar refractivity (Wildman–Crippen MR) is 134 cm³/mol. The van der Waals surface area contributed by atoms with Crippen molar-refractivity contribution in [3.63, 3.8) is 0 Å². The van der Waals surface area contributed by atoms with Crippen LogP contribution in [-0.4, -0.2) is 43.2 Å². The van der Waals surface area contributed by atoms with E-state index in [1.165, 1.54) is 19.3 Å². The minimum atomic E-state index is -0.177. The highest BCUT2D eigenvalue weighted by atomic mass is 16.5. The highest BCUT2D eigenvalue weighted by molar-refractivity contribution is 5.80. The second-order valence-electron chi connectivity index (χ2n) is 10.1. The monoisotopic (exact) mass is 466 g/mol. The van der Waals surface area contributed by atoms with Crippen molar-refractivity contribution in [1.29, 1.82) is 0 Å². The number of hydrogen-bond donors (Lipinski definition) is 1. The van der Waals surface area contributed by atoms with Gasteiger partial charge in [-0.3, -0.25) is 9.69 Å². The number of benzene rings is 1. The summed E-state index contributed by atoms with van der Waals surface area (Å²) in [6.07, 6.45) is 7.79. The maximum Gasteiger partial charge on any atom is 0.252 e. The third-order valence-corrected chi connectivity index (χ3v) is 7.54. The Balaban J connectivity index is 1.74. The second-order valence-corrected chi connectivity index (χ2v) is 10.1. The standard InChI is InChI=1S/C26H38N6O2/c1-6-23(24-28-29-30-32(24)26(3,4)7-2)31(20-11-9-8-10-12-20)17-19-15-18-13-14-21(34-5)16-22(18)27-25(19)33/h13-16,20,23H,6-12,17H2,1-5H3,(H,27,33)/t23-/m1/s1. The van der Waals surface area contributed by atoms with E-state index in [4.69, 9.17) is 4.74 Å². The maximum atomic E-state index is 13.2. The lowest BCUT2D eigenvalue weighted by atomic mass is 9.91. The Morgan fingerprint density at radius 3 is 2.65 bits per heavy atom. The number of fused-ring (bicyclic) bond motifs is 1. The number of nitrogens with one attached hydrogen (secondary N) is 1.